The second-order valence-electron chi connectivity index (χ2n) is 8.74. The van der Waals surface area contributed by atoms with Crippen LogP contribution in [0.1, 0.15) is 75.8 Å². The van der Waals surface area contributed by atoms with Gasteiger partial charge in [0, 0.05) is 0 Å². The van der Waals surface area contributed by atoms with E-state index in [9.17, 15) is 0 Å². The first-order valence-electron chi connectivity index (χ1n) is 11.4. The molecule has 0 nitrogen and oxygen atoms in total. The molecule has 160 valence electrons. The molecule has 1 fully saturated rings. The van der Waals surface area contributed by atoms with Crippen LogP contribution in [0.5, 0.6) is 0 Å². The molecule has 0 spiro atoms. The third kappa shape index (κ3) is 6.51. The molecule has 0 aliphatic heterocycles. The van der Waals surface area contributed by atoms with Gasteiger partial charge in [0.25, 0.3) is 0 Å². The molecular weight excluding hydrogens is 486 g/mol. The molecule has 3 aromatic rings. The van der Waals surface area contributed by atoms with Gasteiger partial charge in [0.05, 0.1) is 0 Å². The molecule has 0 aromatic heterocycles. The van der Waals surface area contributed by atoms with Gasteiger partial charge in [-0.05, 0) is 35.8 Å². The van der Waals surface area contributed by atoms with E-state index in [1.807, 2.05) is 0 Å². The van der Waals surface area contributed by atoms with E-state index in [1.165, 1.54) is 78.8 Å². The van der Waals surface area contributed by atoms with Crippen LogP contribution in [-0.4, -0.2) is 0 Å². The Morgan fingerprint density at radius 1 is 1.00 bits per heavy atom. The molecule has 30 heavy (non-hydrogen) atoms. The molecule has 4 rings (SSSR count). The van der Waals surface area contributed by atoms with Crippen LogP contribution in [-0.2, 0) is 27.3 Å². The summed E-state index contributed by atoms with van der Waals surface area (Å²) in [7, 11) is 9.87. The van der Waals surface area contributed by atoms with Gasteiger partial charge in [-0.2, -0.15) is 6.07 Å². The van der Waals surface area contributed by atoms with Crippen LogP contribution in [0.4, 0.5) is 0 Å². The number of hydrogen-bond acceptors (Lipinski definition) is 0. The number of fused-ring (bicyclic) bond motifs is 1. The molecule has 0 N–H and O–H groups in total. The zero-order valence-corrected chi connectivity index (χ0v) is 22.2. The quantitative estimate of drug-likeness (QED) is 0.232. The van der Waals surface area contributed by atoms with Crippen LogP contribution in [0.15, 0.2) is 54.6 Å². The monoisotopic (exact) mass is 517 g/mol. The Kier molecular flexibility index (Phi) is 10.1. The zero-order valence-electron chi connectivity index (χ0n) is 18.3. The van der Waals surface area contributed by atoms with Gasteiger partial charge in [0.15, 0.2) is 0 Å². The minimum absolute atomic E-state index is 0.639. The van der Waals surface area contributed by atoms with E-state index in [-0.39, 0.29) is 0 Å². The molecule has 0 amide bonds. The van der Waals surface area contributed by atoms with Gasteiger partial charge in [-0.1, -0.05) is 88.3 Å². The van der Waals surface area contributed by atoms with Gasteiger partial charge in [0.2, 0.25) is 0 Å². The van der Waals surface area contributed by atoms with Gasteiger partial charge in [-0.15, -0.1) is 34.5 Å². The van der Waals surface area contributed by atoms with Gasteiger partial charge in [0.1, 0.15) is 0 Å². The maximum absolute atomic E-state index is 4.93. The van der Waals surface area contributed by atoms with Crippen molar-refractivity contribution in [1.29, 1.82) is 0 Å². The molecule has 3 aromatic carbocycles. The third-order valence-electron chi connectivity index (χ3n) is 6.71. The van der Waals surface area contributed by atoms with Gasteiger partial charge in [-0.3, -0.25) is 0 Å². The summed E-state index contributed by atoms with van der Waals surface area (Å²) in [6.45, 7) is 4.58. The third-order valence-corrected chi connectivity index (χ3v) is 6.71. The maximum atomic E-state index is 4.93. The SMILES string of the molecule is CCC(C)c1ccc(-c2cccc3[cH-]c(CC4CCCCCC4)cc23)cc1.[Cl][Zr][Cl]. The topological polar surface area (TPSA) is 0 Å². The summed E-state index contributed by atoms with van der Waals surface area (Å²) in [4.78, 5) is 0. The average Bonchev–Trinajstić information content (AvgIpc) is 3.00. The fourth-order valence-electron chi connectivity index (χ4n) is 4.79. The predicted octanol–water partition coefficient (Wildman–Crippen LogP) is 9.63. The van der Waals surface area contributed by atoms with E-state index in [0.29, 0.717) is 5.92 Å². The first-order chi connectivity index (χ1) is 14.7. The van der Waals surface area contributed by atoms with Crippen LogP contribution in [0, 0.1) is 5.92 Å². The molecule has 0 heterocycles. The molecule has 1 atom stereocenters. The Labute approximate surface area is 201 Å². The van der Waals surface area contributed by atoms with E-state index in [1.54, 1.807) is 5.56 Å². The fraction of sp³-hybridized carbons (Fsp3) is 0.444. The Morgan fingerprint density at radius 2 is 1.67 bits per heavy atom. The Bertz CT molecular complexity index is 889. The van der Waals surface area contributed by atoms with Crippen molar-refractivity contribution in [1.82, 2.24) is 0 Å². The summed E-state index contributed by atoms with van der Waals surface area (Å²) in [5, 5.41) is 2.83. The normalized spacial score (nSPS) is 15.9. The predicted molar refractivity (Wildman–Crippen MR) is 130 cm³/mol. The number of rotatable bonds is 5. The zero-order chi connectivity index (χ0) is 21.3. The summed E-state index contributed by atoms with van der Waals surface area (Å²) < 4.78 is 0. The van der Waals surface area contributed by atoms with E-state index in [2.05, 4.69) is 68.4 Å². The van der Waals surface area contributed by atoms with Crippen molar-refractivity contribution >= 4 is 27.8 Å². The summed E-state index contributed by atoms with van der Waals surface area (Å²) in [6, 6.07) is 21.0. The van der Waals surface area contributed by atoms with Crippen molar-refractivity contribution in [2.24, 2.45) is 5.92 Å². The molecule has 1 unspecified atom stereocenters. The second-order valence-corrected chi connectivity index (χ2v) is 12.5. The fourth-order valence-corrected chi connectivity index (χ4v) is 4.79. The summed E-state index contributed by atoms with van der Waals surface area (Å²) in [6.07, 6.45) is 11.0. The minimum atomic E-state index is -0.826. The van der Waals surface area contributed by atoms with Crippen molar-refractivity contribution in [2.75, 3.05) is 0 Å². The van der Waals surface area contributed by atoms with Crippen molar-refractivity contribution in [3.8, 4) is 11.1 Å². The van der Waals surface area contributed by atoms with Crippen molar-refractivity contribution in [3.63, 3.8) is 0 Å². The van der Waals surface area contributed by atoms with Gasteiger partial charge in [-0.25, -0.2) is 0 Å². The molecule has 1 aliphatic rings. The Balaban J connectivity index is 0.000000806. The van der Waals surface area contributed by atoms with Crippen LogP contribution in [0.2, 0.25) is 0 Å². The first-order valence-corrected chi connectivity index (χ1v) is 17.7. The number of hydrogen-bond donors (Lipinski definition) is 0. The Morgan fingerprint density at radius 3 is 2.30 bits per heavy atom. The molecule has 3 heteroatoms. The molecule has 0 bridgehead atoms. The van der Waals surface area contributed by atoms with Crippen LogP contribution < -0.4 is 0 Å². The molecule has 0 radical (unpaired) electrons. The van der Waals surface area contributed by atoms with Crippen molar-refractivity contribution in [2.45, 2.75) is 71.1 Å². The van der Waals surface area contributed by atoms with E-state index < -0.39 is 20.8 Å². The summed E-state index contributed by atoms with van der Waals surface area (Å²) in [5.74, 6) is 1.53. The second kappa shape index (κ2) is 12.5. The van der Waals surface area contributed by atoms with Crippen LogP contribution in [0.3, 0.4) is 0 Å². The number of halogens is 2. The van der Waals surface area contributed by atoms with E-state index in [4.69, 9.17) is 17.0 Å². The Hall–Kier alpha value is -0.487. The van der Waals surface area contributed by atoms with Crippen molar-refractivity contribution in [3.05, 3.63) is 65.7 Å². The number of benzene rings is 2. The van der Waals surface area contributed by atoms with E-state index >= 15 is 0 Å². The molecular formula is C27H33Cl2Zr-. The van der Waals surface area contributed by atoms with Gasteiger partial charge >= 0.3 is 37.9 Å². The molecule has 0 saturated heterocycles. The summed E-state index contributed by atoms with van der Waals surface area (Å²) >= 11 is -0.826. The standard InChI is InChI=1S/C27H33.2ClH.Zr/c1-3-20(2)23-13-15-24(16-14-23)26-12-8-11-25-18-22(19-27(25)26)17-21-9-6-4-5-7-10-21;;;/h8,11-16,18-21H,3-7,9-10,17H2,1-2H3;2*1H;/q-1;;;+2/p-2. The summed E-state index contributed by atoms with van der Waals surface area (Å²) in [5.41, 5.74) is 5.72. The van der Waals surface area contributed by atoms with Crippen LogP contribution >= 0.6 is 17.0 Å². The van der Waals surface area contributed by atoms with Crippen molar-refractivity contribution < 1.29 is 20.8 Å². The van der Waals surface area contributed by atoms with E-state index in [0.717, 1.165) is 5.92 Å². The molecule has 1 aliphatic carbocycles. The van der Waals surface area contributed by atoms with Crippen LogP contribution in [0.25, 0.3) is 21.9 Å². The average molecular weight is 520 g/mol. The molecule has 1 saturated carbocycles. The first kappa shape index (κ1) is 24.2. The van der Waals surface area contributed by atoms with Gasteiger partial charge < -0.3 is 0 Å².